The molecule has 0 atom stereocenters. The second-order valence-electron chi connectivity index (χ2n) is 4.16. The molecule has 2 aromatic rings. The SMILES string of the molecule is Cc1ccnc(Sc2nnc(C)c(C)c2C(N)=NO)n1. The Hall–Kier alpha value is -2.22. The number of nitrogens with zero attached hydrogens (tertiary/aromatic N) is 5. The van der Waals surface area contributed by atoms with Gasteiger partial charge in [0.15, 0.2) is 11.0 Å². The summed E-state index contributed by atoms with van der Waals surface area (Å²) in [5.74, 6) is -0.00402. The zero-order valence-electron chi connectivity index (χ0n) is 11.3. The summed E-state index contributed by atoms with van der Waals surface area (Å²) in [5, 5.41) is 21.2. The molecule has 0 fully saturated rings. The van der Waals surface area contributed by atoms with E-state index in [0.29, 0.717) is 15.7 Å². The minimum Gasteiger partial charge on any atom is -0.409 e. The van der Waals surface area contributed by atoms with Gasteiger partial charge in [-0.3, -0.25) is 0 Å². The van der Waals surface area contributed by atoms with E-state index < -0.39 is 0 Å². The Kier molecular flexibility index (Phi) is 4.14. The van der Waals surface area contributed by atoms with Crippen LogP contribution in [-0.2, 0) is 0 Å². The summed E-state index contributed by atoms with van der Waals surface area (Å²) in [4.78, 5) is 8.44. The smallest absolute Gasteiger partial charge is 0.194 e. The maximum atomic E-state index is 8.91. The Morgan fingerprint density at radius 1 is 1.30 bits per heavy atom. The van der Waals surface area contributed by atoms with Gasteiger partial charge in [-0.2, -0.15) is 5.10 Å². The van der Waals surface area contributed by atoms with Crippen molar-refractivity contribution in [2.75, 3.05) is 0 Å². The number of amidine groups is 1. The molecule has 0 unspecified atom stereocenters. The quantitative estimate of drug-likeness (QED) is 0.289. The van der Waals surface area contributed by atoms with Crippen LogP contribution in [0.25, 0.3) is 0 Å². The lowest BCUT2D eigenvalue weighted by Crippen LogP contribution is -2.18. The van der Waals surface area contributed by atoms with E-state index in [4.69, 9.17) is 10.9 Å². The van der Waals surface area contributed by atoms with Crippen LogP contribution in [0.2, 0.25) is 0 Å². The molecule has 8 heteroatoms. The Morgan fingerprint density at radius 3 is 2.70 bits per heavy atom. The molecule has 2 rings (SSSR count). The molecule has 0 spiro atoms. The lowest BCUT2D eigenvalue weighted by Gasteiger charge is -2.10. The summed E-state index contributed by atoms with van der Waals surface area (Å²) in [6.45, 7) is 5.54. The van der Waals surface area contributed by atoms with E-state index in [-0.39, 0.29) is 5.84 Å². The highest BCUT2D eigenvalue weighted by Gasteiger charge is 2.17. The van der Waals surface area contributed by atoms with Gasteiger partial charge in [-0.05, 0) is 44.2 Å². The Bertz CT molecular complexity index is 673. The summed E-state index contributed by atoms with van der Waals surface area (Å²) >= 11 is 1.23. The van der Waals surface area contributed by atoms with Gasteiger partial charge in [0.1, 0.15) is 5.03 Å². The maximum absolute atomic E-state index is 8.91. The molecule has 0 saturated carbocycles. The largest absolute Gasteiger partial charge is 0.409 e. The first kappa shape index (κ1) is 14.2. The van der Waals surface area contributed by atoms with Crippen molar-refractivity contribution in [2.24, 2.45) is 10.9 Å². The summed E-state index contributed by atoms with van der Waals surface area (Å²) < 4.78 is 0. The van der Waals surface area contributed by atoms with E-state index in [1.54, 1.807) is 12.3 Å². The number of rotatable bonds is 3. The van der Waals surface area contributed by atoms with Crippen molar-refractivity contribution >= 4 is 17.6 Å². The molecule has 2 heterocycles. The highest BCUT2D eigenvalue weighted by atomic mass is 32.2. The molecule has 0 bridgehead atoms. The van der Waals surface area contributed by atoms with E-state index in [1.807, 2.05) is 20.8 Å². The second kappa shape index (κ2) is 5.83. The van der Waals surface area contributed by atoms with Gasteiger partial charge in [0.2, 0.25) is 0 Å². The molecule has 3 N–H and O–H groups in total. The molecule has 0 aromatic carbocycles. The molecule has 7 nitrogen and oxygen atoms in total. The average Bonchev–Trinajstić information content (AvgIpc) is 2.42. The number of nitrogens with two attached hydrogens (primary N) is 1. The van der Waals surface area contributed by atoms with Crippen molar-refractivity contribution in [3.63, 3.8) is 0 Å². The van der Waals surface area contributed by atoms with Crippen LogP contribution in [0.4, 0.5) is 0 Å². The molecule has 0 radical (unpaired) electrons. The number of hydrogen-bond acceptors (Lipinski definition) is 7. The van der Waals surface area contributed by atoms with Gasteiger partial charge >= 0.3 is 0 Å². The van der Waals surface area contributed by atoms with E-state index in [1.165, 1.54) is 11.8 Å². The molecule has 2 aromatic heterocycles. The van der Waals surface area contributed by atoms with Crippen molar-refractivity contribution in [3.8, 4) is 0 Å². The second-order valence-corrected chi connectivity index (χ2v) is 5.11. The molecule has 20 heavy (non-hydrogen) atoms. The van der Waals surface area contributed by atoms with Gasteiger partial charge in [0.25, 0.3) is 0 Å². The Morgan fingerprint density at radius 2 is 2.05 bits per heavy atom. The zero-order chi connectivity index (χ0) is 14.7. The predicted molar refractivity (Wildman–Crippen MR) is 74.9 cm³/mol. The number of aromatic nitrogens is 4. The summed E-state index contributed by atoms with van der Waals surface area (Å²) in [6.07, 6.45) is 1.67. The predicted octanol–water partition coefficient (Wildman–Crippen LogP) is 1.44. The lowest BCUT2D eigenvalue weighted by atomic mass is 10.1. The summed E-state index contributed by atoms with van der Waals surface area (Å²) in [7, 11) is 0. The van der Waals surface area contributed by atoms with Crippen molar-refractivity contribution in [2.45, 2.75) is 31.0 Å². The van der Waals surface area contributed by atoms with Crippen molar-refractivity contribution < 1.29 is 5.21 Å². The Labute approximate surface area is 120 Å². The fourth-order valence-electron chi connectivity index (χ4n) is 1.57. The maximum Gasteiger partial charge on any atom is 0.194 e. The van der Waals surface area contributed by atoms with Gasteiger partial charge < -0.3 is 10.9 Å². The molecule has 0 saturated heterocycles. The third kappa shape index (κ3) is 2.85. The van der Waals surface area contributed by atoms with Gasteiger partial charge in [-0.1, -0.05) is 5.16 Å². The Balaban J connectivity index is 2.49. The molecular weight excluding hydrogens is 276 g/mol. The number of aryl methyl sites for hydroxylation is 2. The first-order chi connectivity index (χ1) is 9.52. The highest BCUT2D eigenvalue weighted by molar-refractivity contribution is 7.99. The lowest BCUT2D eigenvalue weighted by molar-refractivity contribution is 0.318. The first-order valence-corrected chi connectivity index (χ1v) is 6.64. The summed E-state index contributed by atoms with van der Waals surface area (Å²) in [6, 6.07) is 1.81. The average molecular weight is 290 g/mol. The topological polar surface area (TPSA) is 110 Å². The monoisotopic (exact) mass is 290 g/mol. The minimum absolute atomic E-state index is 0.00402. The van der Waals surface area contributed by atoms with E-state index in [0.717, 1.165) is 17.0 Å². The molecule has 0 aliphatic rings. The van der Waals surface area contributed by atoms with E-state index in [9.17, 15) is 0 Å². The van der Waals surface area contributed by atoms with E-state index >= 15 is 0 Å². The van der Waals surface area contributed by atoms with Crippen LogP contribution in [0.1, 0.15) is 22.5 Å². The normalized spacial score (nSPS) is 11.7. The van der Waals surface area contributed by atoms with Crippen LogP contribution in [-0.4, -0.2) is 31.2 Å². The standard InChI is InChI=1S/C12H14N6OS/c1-6-4-5-14-12(15-6)20-11-9(10(13)18-19)7(2)8(3)16-17-11/h4-5,19H,1-3H3,(H2,13,18). The van der Waals surface area contributed by atoms with Crippen LogP contribution in [0.3, 0.4) is 0 Å². The zero-order valence-corrected chi connectivity index (χ0v) is 12.1. The summed E-state index contributed by atoms with van der Waals surface area (Å²) in [5.41, 5.74) is 8.66. The van der Waals surface area contributed by atoms with Gasteiger partial charge in [0.05, 0.1) is 11.3 Å². The molecule has 0 aliphatic carbocycles. The first-order valence-electron chi connectivity index (χ1n) is 5.82. The number of oxime groups is 1. The van der Waals surface area contributed by atoms with Crippen LogP contribution in [0.5, 0.6) is 0 Å². The van der Waals surface area contributed by atoms with E-state index in [2.05, 4.69) is 25.3 Å². The van der Waals surface area contributed by atoms with Crippen molar-refractivity contribution in [3.05, 3.63) is 34.8 Å². The van der Waals surface area contributed by atoms with Crippen molar-refractivity contribution in [1.29, 1.82) is 0 Å². The third-order valence-electron chi connectivity index (χ3n) is 2.75. The molecular formula is C12H14N6OS. The molecule has 104 valence electrons. The third-order valence-corrected chi connectivity index (χ3v) is 3.61. The molecule has 0 aliphatic heterocycles. The van der Waals surface area contributed by atoms with Gasteiger partial charge in [-0.15, -0.1) is 5.10 Å². The van der Waals surface area contributed by atoms with Crippen molar-refractivity contribution in [1.82, 2.24) is 20.2 Å². The van der Waals surface area contributed by atoms with Gasteiger partial charge in [0, 0.05) is 11.9 Å². The fraction of sp³-hybridized carbons (Fsp3) is 0.250. The van der Waals surface area contributed by atoms with Crippen LogP contribution in [0, 0.1) is 20.8 Å². The molecule has 0 amide bonds. The van der Waals surface area contributed by atoms with Crippen LogP contribution in [0.15, 0.2) is 27.6 Å². The fourth-order valence-corrected chi connectivity index (χ4v) is 2.49. The van der Waals surface area contributed by atoms with Gasteiger partial charge in [-0.25, -0.2) is 9.97 Å². The van der Waals surface area contributed by atoms with Crippen LogP contribution < -0.4 is 5.73 Å². The van der Waals surface area contributed by atoms with Crippen LogP contribution >= 0.6 is 11.8 Å². The minimum atomic E-state index is -0.00402. The highest BCUT2D eigenvalue weighted by Crippen LogP contribution is 2.28. The number of hydrogen-bond donors (Lipinski definition) is 2.